The van der Waals surface area contributed by atoms with Crippen LogP contribution in [-0.4, -0.2) is 19.1 Å². The summed E-state index contributed by atoms with van der Waals surface area (Å²) in [6, 6.07) is 4.05. The van der Waals surface area contributed by atoms with Crippen molar-refractivity contribution in [2.75, 3.05) is 24.3 Å². The molecule has 0 atom stereocenters. The zero-order valence-corrected chi connectivity index (χ0v) is 10.1. The first-order chi connectivity index (χ1) is 8.65. The number of amides is 1. The Morgan fingerprint density at radius 1 is 1.50 bits per heavy atom. The molecule has 1 aliphatic carbocycles. The summed E-state index contributed by atoms with van der Waals surface area (Å²) in [7, 11) is 0. The minimum Gasteiger partial charge on any atom is -0.399 e. The van der Waals surface area contributed by atoms with Crippen molar-refractivity contribution in [1.29, 1.82) is 0 Å². The summed E-state index contributed by atoms with van der Waals surface area (Å²) >= 11 is 0. The van der Waals surface area contributed by atoms with E-state index in [0.29, 0.717) is 12.3 Å². The number of ether oxygens (including phenoxy) is 1. The monoisotopic (exact) mass is 252 g/mol. The molecule has 98 valence electrons. The predicted octanol–water partition coefficient (Wildman–Crippen LogP) is 2.16. The Balaban J connectivity index is 1.73. The van der Waals surface area contributed by atoms with Gasteiger partial charge in [0.1, 0.15) is 12.4 Å². The second-order valence-corrected chi connectivity index (χ2v) is 4.57. The number of nitrogen functional groups attached to an aromatic ring is 1. The van der Waals surface area contributed by atoms with E-state index in [1.54, 1.807) is 0 Å². The van der Waals surface area contributed by atoms with Gasteiger partial charge in [-0.2, -0.15) is 0 Å². The summed E-state index contributed by atoms with van der Waals surface area (Å²) in [5, 5.41) is 2.44. The zero-order valence-electron chi connectivity index (χ0n) is 10.1. The average Bonchev–Trinajstić information content (AvgIpc) is 3.13. The molecule has 2 rings (SSSR count). The number of carbonyl (C=O) groups excluding carboxylic acids is 1. The molecule has 0 saturated heterocycles. The highest BCUT2D eigenvalue weighted by molar-refractivity contribution is 5.92. The Hall–Kier alpha value is -1.62. The first-order valence-electron chi connectivity index (χ1n) is 6.08. The summed E-state index contributed by atoms with van der Waals surface area (Å²) in [6.07, 6.45) is 3.54. The summed E-state index contributed by atoms with van der Waals surface area (Å²) in [5.41, 5.74) is 6.01. The number of hydrogen-bond acceptors (Lipinski definition) is 3. The largest absolute Gasteiger partial charge is 0.399 e. The Bertz CT molecular complexity index is 433. The van der Waals surface area contributed by atoms with Gasteiger partial charge in [0.25, 0.3) is 0 Å². The molecule has 0 radical (unpaired) electrons. The van der Waals surface area contributed by atoms with Gasteiger partial charge in [-0.05, 0) is 30.5 Å². The number of rotatable bonds is 6. The van der Waals surface area contributed by atoms with Crippen molar-refractivity contribution in [3.63, 3.8) is 0 Å². The molecule has 1 saturated carbocycles. The first-order valence-corrected chi connectivity index (χ1v) is 6.08. The fraction of sp³-hybridized carbons (Fsp3) is 0.462. The Morgan fingerprint density at radius 3 is 3.00 bits per heavy atom. The standard InChI is InChI=1S/C13H17FN2O2/c14-11-4-3-10(15)7-12(11)16-13(17)8-18-6-5-9-1-2-9/h3-4,7,9H,1-2,5-6,8,15H2,(H,16,17). The van der Waals surface area contributed by atoms with Gasteiger partial charge in [-0.1, -0.05) is 12.8 Å². The normalized spacial score (nSPS) is 14.5. The Kier molecular flexibility index (Phi) is 4.15. The van der Waals surface area contributed by atoms with Crippen LogP contribution >= 0.6 is 0 Å². The van der Waals surface area contributed by atoms with Crippen LogP contribution in [0.25, 0.3) is 0 Å². The number of carbonyl (C=O) groups is 1. The van der Waals surface area contributed by atoms with E-state index in [9.17, 15) is 9.18 Å². The van der Waals surface area contributed by atoms with Crippen LogP contribution in [0, 0.1) is 11.7 Å². The maximum Gasteiger partial charge on any atom is 0.250 e. The molecular weight excluding hydrogens is 235 g/mol. The molecule has 1 aromatic rings. The van der Waals surface area contributed by atoms with E-state index in [2.05, 4.69) is 5.32 Å². The third kappa shape index (κ3) is 4.00. The lowest BCUT2D eigenvalue weighted by Gasteiger charge is -2.07. The molecule has 1 aromatic carbocycles. The number of anilines is 2. The van der Waals surface area contributed by atoms with Crippen LogP contribution in [0.15, 0.2) is 18.2 Å². The molecule has 3 N–H and O–H groups in total. The predicted molar refractivity (Wildman–Crippen MR) is 67.6 cm³/mol. The number of nitrogens with one attached hydrogen (secondary N) is 1. The molecule has 1 amide bonds. The summed E-state index contributed by atoms with van der Waals surface area (Å²) in [6.45, 7) is 0.526. The van der Waals surface area contributed by atoms with Gasteiger partial charge in [-0.25, -0.2) is 4.39 Å². The van der Waals surface area contributed by atoms with E-state index in [1.165, 1.54) is 31.0 Å². The summed E-state index contributed by atoms with van der Waals surface area (Å²) in [4.78, 5) is 11.5. The van der Waals surface area contributed by atoms with E-state index < -0.39 is 5.82 Å². The van der Waals surface area contributed by atoms with Gasteiger partial charge in [-0.3, -0.25) is 4.79 Å². The molecule has 0 aromatic heterocycles. The summed E-state index contributed by atoms with van der Waals surface area (Å²) < 4.78 is 18.5. The molecule has 0 bridgehead atoms. The molecule has 1 fully saturated rings. The van der Waals surface area contributed by atoms with Crippen LogP contribution in [-0.2, 0) is 9.53 Å². The first kappa shape index (κ1) is 12.8. The minimum atomic E-state index is -0.504. The molecule has 1 aliphatic rings. The quantitative estimate of drug-likeness (QED) is 0.602. The maximum atomic E-state index is 13.3. The topological polar surface area (TPSA) is 64.3 Å². The molecule has 0 heterocycles. The van der Waals surface area contributed by atoms with E-state index in [-0.39, 0.29) is 18.2 Å². The van der Waals surface area contributed by atoms with Gasteiger partial charge >= 0.3 is 0 Å². The third-order valence-corrected chi connectivity index (χ3v) is 2.87. The molecule has 5 heteroatoms. The Labute approximate surface area is 105 Å². The van der Waals surface area contributed by atoms with Gasteiger partial charge in [-0.15, -0.1) is 0 Å². The van der Waals surface area contributed by atoms with Crippen molar-refractivity contribution in [3.8, 4) is 0 Å². The van der Waals surface area contributed by atoms with Crippen LogP contribution in [0.1, 0.15) is 19.3 Å². The number of halogens is 1. The van der Waals surface area contributed by atoms with Gasteiger partial charge in [0.2, 0.25) is 5.91 Å². The van der Waals surface area contributed by atoms with Crippen molar-refractivity contribution in [2.45, 2.75) is 19.3 Å². The highest BCUT2D eigenvalue weighted by atomic mass is 19.1. The van der Waals surface area contributed by atoms with Crippen molar-refractivity contribution in [1.82, 2.24) is 0 Å². The minimum absolute atomic E-state index is 0.0546. The van der Waals surface area contributed by atoms with E-state index in [0.717, 1.165) is 12.3 Å². The van der Waals surface area contributed by atoms with E-state index in [4.69, 9.17) is 10.5 Å². The number of hydrogen-bond donors (Lipinski definition) is 2. The smallest absolute Gasteiger partial charge is 0.250 e. The molecule has 18 heavy (non-hydrogen) atoms. The average molecular weight is 252 g/mol. The third-order valence-electron chi connectivity index (χ3n) is 2.87. The van der Waals surface area contributed by atoms with Crippen molar-refractivity contribution >= 4 is 17.3 Å². The molecule has 4 nitrogen and oxygen atoms in total. The lowest BCUT2D eigenvalue weighted by atomic mass is 10.2. The number of benzene rings is 1. The fourth-order valence-corrected chi connectivity index (χ4v) is 1.65. The highest BCUT2D eigenvalue weighted by Crippen LogP contribution is 2.32. The molecule has 0 unspecified atom stereocenters. The van der Waals surface area contributed by atoms with Crippen LogP contribution < -0.4 is 11.1 Å². The van der Waals surface area contributed by atoms with Crippen molar-refractivity contribution < 1.29 is 13.9 Å². The lowest BCUT2D eigenvalue weighted by molar-refractivity contribution is -0.120. The molecule has 0 spiro atoms. The van der Waals surface area contributed by atoms with E-state index in [1.807, 2.05) is 0 Å². The Morgan fingerprint density at radius 2 is 2.28 bits per heavy atom. The second-order valence-electron chi connectivity index (χ2n) is 4.57. The molecule has 0 aliphatic heterocycles. The van der Waals surface area contributed by atoms with Crippen LogP contribution in [0.2, 0.25) is 0 Å². The van der Waals surface area contributed by atoms with Crippen LogP contribution in [0.5, 0.6) is 0 Å². The summed E-state index contributed by atoms with van der Waals surface area (Å²) in [5.74, 6) is -0.0924. The highest BCUT2D eigenvalue weighted by Gasteiger charge is 2.20. The second kappa shape index (κ2) is 5.82. The fourth-order valence-electron chi connectivity index (χ4n) is 1.65. The van der Waals surface area contributed by atoms with Gasteiger partial charge in [0.15, 0.2) is 0 Å². The SMILES string of the molecule is Nc1ccc(F)c(NC(=O)COCCC2CC2)c1. The van der Waals surface area contributed by atoms with Gasteiger partial charge < -0.3 is 15.8 Å². The van der Waals surface area contributed by atoms with Gasteiger partial charge in [0, 0.05) is 12.3 Å². The molecular formula is C13H17FN2O2. The maximum absolute atomic E-state index is 13.3. The number of nitrogens with two attached hydrogens (primary N) is 1. The van der Waals surface area contributed by atoms with Crippen molar-refractivity contribution in [2.24, 2.45) is 5.92 Å². The van der Waals surface area contributed by atoms with E-state index >= 15 is 0 Å². The van der Waals surface area contributed by atoms with Crippen LogP contribution in [0.3, 0.4) is 0 Å². The zero-order chi connectivity index (χ0) is 13.0. The van der Waals surface area contributed by atoms with Gasteiger partial charge in [0.05, 0.1) is 5.69 Å². The lowest BCUT2D eigenvalue weighted by Crippen LogP contribution is -2.19. The van der Waals surface area contributed by atoms with Crippen LogP contribution in [0.4, 0.5) is 15.8 Å². The van der Waals surface area contributed by atoms with Crippen molar-refractivity contribution in [3.05, 3.63) is 24.0 Å².